The van der Waals surface area contributed by atoms with E-state index in [4.69, 9.17) is 9.97 Å². The number of hydrogen-bond donors (Lipinski definition) is 0. The molecule has 11 rings (SSSR count). The van der Waals surface area contributed by atoms with Crippen LogP contribution in [-0.4, -0.2) is 9.97 Å². The van der Waals surface area contributed by atoms with Crippen LogP contribution < -0.4 is 0 Å². The Morgan fingerprint density at radius 1 is 0.351 bits per heavy atom. The fraction of sp³-hybridized carbons (Fsp3) is 0.0545. The SMILES string of the molecule is CC1(C)c2ccc3ccccc3c2-c2cccc(-c3ccc(-c4cc(-c5ccc(-c6ccc7ccccc7c6)cc5)nc(-c5ccccc5)n4)c4ccccc34)c21. The molecule has 1 heterocycles. The summed E-state index contributed by atoms with van der Waals surface area (Å²) in [6, 6.07) is 70.1. The lowest BCUT2D eigenvalue weighted by atomic mass is 9.78. The van der Waals surface area contributed by atoms with E-state index >= 15 is 0 Å². The summed E-state index contributed by atoms with van der Waals surface area (Å²) < 4.78 is 0. The Labute approximate surface area is 332 Å². The van der Waals surface area contributed by atoms with Crippen LogP contribution in [0.4, 0.5) is 0 Å². The molecular formula is C55H38N2. The van der Waals surface area contributed by atoms with Gasteiger partial charge in [-0.2, -0.15) is 0 Å². The van der Waals surface area contributed by atoms with Crippen molar-refractivity contribution in [2.75, 3.05) is 0 Å². The second kappa shape index (κ2) is 13.0. The standard InChI is InChI=1S/C55H38N2/c1-55(2)49-32-29-37-14-8-9-18-42(37)52(49)48-22-12-21-47(53(48)55)45-30-31-46(44-20-11-10-19-43(44)45)51-34-50(56-54(57-51)39-15-4-3-5-16-39)38-26-23-36(24-27-38)41-28-25-35-13-6-7-17-40(35)33-41/h3-34H,1-2H3. The quantitative estimate of drug-likeness (QED) is 0.176. The molecule has 0 radical (unpaired) electrons. The van der Waals surface area contributed by atoms with Crippen molar-refractivity contribution in [3.63, 3.8) is 0 Å². The molecule has 0 amide bonds. The van der Waals surface area contributed by atoms with E-state index in [0.29, 0.717) is 5.82 Å². The lowest BCUT2D eigenvalue weighted by Gasteiger charge is -2.25. The Morgan fingerprint density at radius 2 is 0.947 bits per heavy atom. The summed E-state index contributed by atoms with van der Waals surface area (Å²) in [5.41, 5.74) is 15.1. The van der Waals surface area contributed by atoms with Crippen LogP contribution in [0, 0.1) is 0 Å². The molecule has 2 nitrogen and oxygen atoms in total. The summed E-state index contributed by atoms with van der Waals surface area (Å²) in [6.45, 7) is 4.77. The van der Waals surface area contributed by atoms with Crippen molar-refractivity contribution in [1.82, 2.24) is 9.97 Å². The van der Waals surface area contributed by atoms with E-state index in [1.807, 2.05) is 6.07 Å². The van der Waals surface area contributed by atoms with Crippen LogP contribution in [-0.2, 0) is 5.41 Å². The van der Waals surface area contributed by atoms with Crippen LogP contribution in [0.1, 0.15) is 25.0 Å². The molecule has 57 heavy (non-hydrogen) atoms. The lowest BCUT2D eigenvalue weighted by Crippen LogP contribution is -2.16. The fourth-order valence-electron chi connectivity index (χ4n) is 9.28. The summed E-state index contributed by atoms with van der Waals surface area (Å²) in [6.07, 6.45) is 0. The highest BCUT2D eigenvalue weighted by molar-refractivity contribution is 6.08. The smallest absolute Gasteiger partial charge is 0.160 e. The van der Waals surface area contributed by atoms with E-state index in [9.17, 15) is 0 Å². The normalized spacial score (nSPS) is 12.9. The first-order valence-electron chi connectivity index (χ1n) is 19.7. The van der Waals surface area contributed by atoms with Crippen molar-refractivity contribution in [3.8, 4) is 67.3 Å². The average Bonchev–Trinajstić information content (AvgIpc) is 3.52. The fourth-order valence-corrected chi connectivity index (χ4v) is 9.28. The molecular weight excluding hydrogens is 689 g/mol. The van der Waals surface area contributed by atoms with Crippen molar-refractivity contribution in [2.24, 2.45) is 0 Å². The van der Waals surface area contributed by atoms with Gasteiger partial charge in [0.25, 0.3) is 0 Å². The van der Waals surface area contributed by atoms with Gasteiger partial charge in [0.15, 0.2) is 5.82 Å². The molecule has 0 saturated carbocycles. The Bertz CT molecular complexity index is 3190. The van der Waals surface area contributed by atoms with Gasteiger partial charge in [-0.05, 0) is 89.0 Å². The lowest BCUT2D eigenvalue weighted by molar-refractivity contribution is 0.662. The third kappa shape index (κ3) is 5.40. The zero-order valence-electron chi connectivity index (χ0n) is 31.9. The van der Waals surface area contributed by atoms with Gasteiger partial charge < -0.3 is 0 Å². The maximum absolute atomic E-state index is 5.27. The summed E-state index contributed by atoms with van der Waals surface area (Å²) in [7, 11) is 0. The van der Waals surface area contributed by atoms with E-state index in [0.717, 1.165) is 28.1 Å². The van der Waals surface area contributed by atoms with E-state index < -0.39 is 0 Å². The minimum atomic E-state index is -0.166. The summed E-state index contributed by atoms with van der Waals surface area (Å²) in [5, 5.41) is 7.46. The highest BCUT2D eigenvalue weighted by Gasteiger charge is 2.38. The predicted molar refractivity (Wildman–Crippen MR) is 239 cm³/mol. The van der Waals surface area contributed by atoms with Crippen LogP contribution in [0.5, 0.6) is 0 Å². The maximum atomic E-state index is 5.27. The average molecular weight is 727 g/mol. The number of rotatable bonds is 5. The number of aromatic nitrogens is 2. The zero-order valence-corrected chi connectivity index (χ0v) is 31.9. The molecule has 10 aromatic rings. The Balaban J connectivity index is 1.05. The molecule has 0 spiro atoms. The first-order valence-corrected chi connectivity index (χ1v) is 19.7. The first-order chi connectivity index (χ1) is 28.0. The molecule has 1 aliphatic rings. The molecule has 0 atom stereocenters. The van der Waals surface area contributed by atoms with Crippen LogP contribution in [0.15, 0.2) is 194 Å². The van der Waals surface area contributed by atoms with Crippen LogP contribution >= 0.6 is 0 Å². The molecule has 1 aliphatic carbocycles. The number of benzene rings is 9. The molecule has 268 valence electrons. The van der Waals surface area contributed by atoms with Crippen LogP contribution in [0.2, 0.25) is 0 Å². The van der Waals surface area contributed by atoms with Crippen LogP contribution in [0.3, 0.4) is 0 Å². The van der Waals surface area contributed by atoms with E-state index in [1.54, 1.807) is 0 Å². The third-order valence-electron chi connectivity index (χ3n) is 12.1. The van der Waals surface area contributed by atoms with E-state index in [-0.39, 0.29) is 5.41 Å². The molecule has 0 N–H and O–H groups in total. The van der Waals surface area contributed by atoms with Gasteiger partial charge in [-0.1, -0.05) is 196 Å². The van der Waals surface area contributed by atoms with Gasteiger partial charge >= 0.3 is 0 Å². The van der Waals surface area contributed by atoms with E-state index in [1.165, 1.54) is 76.8 Å². The van der Waals surface area contributed by atoms with Crippen molar-refractivity contribution in [1.29, 1.82) is 0 Å². The van der Waals surface area contributed by atoms with Crippen LogP contribution in [0.25, 0.3) is 99.6 Å². The highest BCUT2D eigenvalue weighted by atomic mass is 14.9. The maximum Gasteiger partial charge on any atom is 0.160 e. The largest absolute Gasteiger partial charge is 0.228 e. The minimum absolute atomic E-state index is 0.166. The second-order valence-electron chi connectivity index (χ2n) is 15.7. The molecule has 0 fully saturated rings. The van der Waals surface area contributed by atoms with E-state index in [2.05, 4.69) is 202 Å². The van der Waals surface area contributed by atoms with Gasteiger partial charge in [0.1, 0.15) is 0 Å². The second-order valence-corrected chi connectivity index (χ2v) is 15.7. The Hall–Kier alpha value is -7.16. The van der Waals surface area contributed by atoms with Crippen molar-refractivity contribution < 1.29 is 0 Å². The molecule has 2 heteroatoms. The third-order valence-corrected chi connectivity index (χ3v) is 12.1. The summed E-state index contributed by atoms with van der Waals surface area (Å²) in [5.74, 6) is 0.711. The van der Waals surface area contributed by atoms with Crippen molar-refractivity contribution >= 4 is 32.3 Å². The Morgan fingerprint density at radius 3 is 1.75 bits per heavy atom. The highest BCUT2D eigenvalue weighted by Crippen LogP contribution is 2.55. The van der Waals surface area contributed by atoms with Gasteiger partial charge in [0, 0.05) is 22.1 Å². The Kier molecular flexibility index (Phi) is 7.55. The summed E-state index contributed by atoms with van der Waals surface area (Å²) >= 11 is 0. The molecule has 0 unspecified atom stereocenters. The number of fused-ring (bicyclic) bond motifs is 7. The van der Waals surface area contributed by atoms with Gasteiger partial charge in [-0.25, -0.2) is 9.97 Å². The van der Waals surface area contributed by atoms with Gasteiger partial charge in [-0.3, -0.25) is 0 Å². The topological polar surface area (TPSA) is 25.8 Å². The minimum Gasteiger partial charge on any atom is -0.228 e. The number of hydrogen-bond acceptors (Lipinski definition) is 2. The van der Waals surface area contributed by atoms with Crippen molar-refractivity contribution in [2.45, 2.75) is 19.3 Å². The summed E-state index contributed by atoms with van der Waals surface area (Å²) in [4.78, 5) is 10.4. The first kappa shape index (κ1) is 33.2. The molecule has 0 bridgehead atoms. The van der Waals surface area contributed by atoms with Crippen molar-refractivity contribution in [3.05, 3.63) is 205 Å². The monoisotopic (exact) mass is 726 g/mol. The predicted octanol–water partition coefficient (Wildman–Crippen LogP) is 14.6. The molecule has 9 aromatic carbocycles. The molecule has 0 saturated heterocycles. The van der Waals surface area contributed by atoms with Gasteiger partial charge in [-0.15, -0.1) is 0 Å². The number of nitrogens with zero attached hydrogens (tertiary/aromatic N) is 2. The molecule has 0 aliphatic heterocycles. The van der Waals surface area contributed by atoms with Gasteiger partial charge in [0.05, 0.1) is 11.4 Å². The zero-order chi connectivity index (χ0) is 38.1. The molecule has 1 aromatic heterocycles. The van der Waals surface area contributed by atoms with Gasteiger partial charge in [0.2, 0.25) is 0 Å².